The molecule has 2 aromatic heterocycles. The number of nitrogens with zero attached hydrogens (tertiary/aromatic N) is 2. The van der Waals surface area contributed by atoms with E-state index in [1.807, 2.05) is 0 Å². The van der Waals surface area contributed by atoms with E-state index >= 15 is 0 Å². The van der Waals surface area contributed by atoms with E-state index < -0.39 is 0 Å². The summed E-state index contributed by atoms with van der Waals surface area (Å²) in [6.45, 7) is 8.68. The Morgan fingerprint density at radius 1 is 1.29 bits per heavy atom. The van der Waals surface area contributed by atoms with Gasteiger partial charge >= 0.3 is 0 Å². The van der Waals surface area contributed by atoms with E-state index in [0.29, 0.717) is 5.15 Å². The fourth-order valence-corrected chi connectivity index (χ4v) is 2.99. The molecule has 0 fully saturated rings. The van der Waals surface area contributed by atoms with Crippen molar-refractivity contribution in [3.8, 4) is 0 Å². The largest absolute Gasteiger partial charge is 0.222 e. The van der Waals surface area contributed by atoms with Crippen LogP contribution in [0.3, 0.4) is 0 Å². The van der Waals surface area contributed by atoms with E-state index in [9.17, 15) is 0 Å². The number of thiophene rings is 1. The molecule has 4 heteroatoms. The third-order valence-electron chi connectivity index (χ3n) is 2.48. The molecule has 0 aromatic carbocycles. The molecule has 0 saturated carbocycles. The lowest BCUT2D eigenvalue weighted by atomic mass is 9.92. The Balaban J connectivity index is 2.47. The van der Waals surface area contributed by atoms with Crippen molar-refractivity contribution >= 4 is 33.2 Å². The molecule has 2 aromatic rings. The molecular weight excluding hydrogens is 252 g/mol. The highest BCUT2D eigenvalue weighted by Crippen LogP contribution is 2.30. The van der Waals surface area contributed by atoms with Crippen LogP contribution in [-0.2, 0) is 12.8 Å². The Labute approximate surface area is 111 Å². The van der Waals surface area contributed by atoms with Crippen LogP contribution in [0.25, 0.3) is 10.2 Å². The maximum atomic E-state index is 6.22. The summed E-state index contributed by atoms with van der Waals surface area (Å²) in [5, 5.41) is 1.58. The van der Waals surface area contributed by atoms with E-state index in [1.165, 1.54) is 4.88 Å². The fourth-order valence-electron chi connectivity index (χ4n) is 1.71. The molecular formula is C13H17ClN2S. The summed E-state index contributed by atoms with van der Waals surface area (Å²) in [4.78, 5) is 11.3. The van der Waals surface area contributed by atoms with Gasteiger partial charge in [0.05, 0.1) is 0 Å². The standard InChI is InChI=1S/C13H17ClN2S/c1-5-8-6-9-11(14)15-10(7-13(2,3)4)16-12(9)17-8/h6H,5,7H2,1-4H3. The predicted octanol–water partition coefficient (Wildman–Crippen LogP) is 4.50. The number of aryl methyl sites for hydroxylation is 1. The highest BCUT2D eigenvalue weighted by molar-refractivity contribution is 7.18. The minimum atomic E-state index is 0.182. The lowest BCUT2D eigenvalue weighted by Crippen LogP contribution is -2.11. The van der Waals surface area contributed by atoms with Gasteiger partial charge in [0.2, 0.25) is 0 Å². The molecule has 0 aliphatic rings. The second-order valence-electron chi connectivity index (χ2n) is 5.45. The van der Waals surface area contributed by atoms with E-state index in [2.05, 4.69) is 43.7 Å². The number of rotatable bonds is 2. The molecule has 0 bridgehead atoms. The molecule has 0 amide bonds. The summed E-state index contributed by atoms with van der Waals surface area (Å²) in [6.07, 6.45) is 1.87. The Hall–Kier alpha value is -0.670. The van der Waals surface area contributed by atoms with Crippen LogP contribution in [0.15, 0.2) is 6.07 Å². The molecule has 2 heterocycles. The van der Waals surface area contributed by atoms with Crippen LogP contribution in [0.2, 0.25) is 5.15 Å². The predicted molar refractivity (Wildman–Crippen MR) is 75.0 cm³/mol. The molecule has 92 valence electrons. The van der Waals surface area contributed by atoms with Crippen molar-refractivity contribution in [2.24, 2.45) is 5.41 Å². The van der Waals surface area contributed by atoms with Crippen LogP contribution < -0.4 is 0 Å². The van der Waals surface area contributed by atoms with Gasteiger partial charge in [-0.1, -0.05) is 39.3 Å². The van der Waals surface area contributed by atoms with Gasteiger partial charge in [-0.15, -0.1) is 11.3 Å². The Morgan fingerprint density at radius 3 is 2.59 bits per heavy atom. The van der Waals surface area contributed by atoms with Crippen LogP contribution in [0, 0.1) is 5.41 Å². The lowest BCUT2D eigenvalue weighted by Gasteiger charge is -2.16. The van der Waals surface area contributed by atoms with Gasteiger partial charge in [-0.05, 0) is 17.9 Å². The van der Waals surface area contributed by atoms with Crippen molar-refractivity contribution in [3.63, 3.8) is 0 Å². The van der Waals surface area contributed by atoms with Gasteiger partial charge in [0.1, 0.15) is 15.8 Å². The van der Waals surface area contributed by atoms with E-state index in [-0.39, 0.29) is 5.41 Å². The van der Waals surface area contributed by atoms with E-state index in [1.54, 1.807) is 11.3 Å². The molecule has 17 heavy (non-hydrogen) atoms. The van der Waals surface area contributed by atoms with Crippen LogP contribution in [0.4, 0.5) is 0 Å². The number of aromatic nitrogens is 2. The average Bonchev–Trinajstić information content (AvgIpc) is 2.58. The normalized spacial score (nSPS) is 12.3. The summed E-state index contributed by atoms with van der Waals surface area (Å²) >= 11 is 7.93. The third kappa shape index (κ3) is 2.96. The van der Waals surface area contributed by atoms with Crippen molar-refractivity contribution in [1.82, 2.24) is 9.97 Å². The van der Waals surface area contributed by atoms with Crippen LogP contribution in [0.5, 0.6) is 0 Å². The zero-order valence-corrected chi connectivity index (χ0v) is 12.2. The quantitative estimate of drug-likeness (QED) is 0.750. The zero-order valence-electron chi connectivity index (χ0n) is 10.7. The fraction of sp³-hybridized carbons (Fsp3) is 0.538. The summed E-state index contributed by atoms with van der Waals surface area (Å²) in [6, 6.07) is 2.10. The monoisotopic (exact) mass is 268 g/mol. The second kappa shape index (κ2) is 4.54. The van der Waals surface area contributed by atoms with Crippen molar-refractivity contribution in [3.05, 3.63) is 21.9 Å². The van der Waals surface area contributed by atoms with Crippen molar-refractivity contribution in [2.75, 3.05) is 0 Å². The van der Waals surface area contributed by atoms with Gasteiger partial charge in [-0.3, -0.25) is 0 Å². The third-order valence-corrected chi connectivity index (χ3v) is 3.94. The Bertz CT molecular complexity index is 540. The summed E-state index contributed by atoms with van der Waals surface area (Å²) in [7, 11) is 0. The van der Waals surface area contributed by atoms with Crippen LogP contribution in [0.1, 0.15) is 38.4 Å². The highest BCUT2D eigenvalue weighted by atomic mass is 35.5. The lowest BCUT2D eigenvalue weighted by molar-refractivity contribution is 0.401. The first-order chi connectivity index (χ1) is 7.89. The van der Waals surface area contributed by atoms with Crippen molar-refractivity contribution < 1.29 is 0 Å². The Kier molecular flexibility index (Phi) is 3.41. The zero-order chi connectivity index (χ0) is 12.6. The number of fused-ring (bicyclic) bond motifs is 1. The molecule has 0 aliphatic carbocycles. The summed E-state index contributed by atoms with van der Waals surface area (Å²) in [5.74, 6) is 0.847. The molecule has 0 radical (unpaired) electrons. The van der Waals surface area contributed by atoms with Crippen molar-refractivity contribution in [1.29, 1.82) is 0 Å². The van der Waals surface area contributed by atoms with Gasteiger partial charge in [-0.2, -0.15) is 0 Å². The first kappa shape index (κ1) is 12.8. The van der Waals surface area contributed by atoms with Gasteiger partial charge in [0.15, 0.2) is 0 Å². The topological polar surface area (TPSA) is 25.8 Å². The smallest absolute Gasteiger partial charge is 0.141 e. The number of halogens is 1. The maximum absolute atomic E-state index is 6.22. The molecule has 2 nitrogen and oxygen atoms in total. The van der Waals surface area contributed by atoms with Crippen LogP contribution in [-0.4, -0.2) is 9.97 Å². The molecule has 2 rings (SSSR count). The van der Waals surface area contributed by atoms with Gasteiger partial charge in [-0.25, -0.2) is 9.97 Å². The minimum Gasteiger partial charge on any atom is -0.222 e. The van der Waals surface area contributed by atoms with Gasteiger partial charge < -0.3 is 0 Å². The minimum absolute atomic E-state index is 0.182. The molecule has 0 atom stereocenters. The summed E-state index contributed by atoms with van der Waals surface area (Å²) < 4.78 is 0. The first-order valence-electron chi connectivity index (χ1n) is 5.84. The van der Waals surface area contributed by atoms with Gasteiger partial charge in [0, 0.05) is 16.7 Å². The molecule has 0 unspecified atom stereocenters. The second-order valence-corrected chi connectivity index (χ2v) is 6.93. The van der Waals surface area contributed by atoms with Crippen LogP contribution >= 0.6 is 22.9 Å². The van der Waals surface area contributed by atoms with Gasteiger partial charge in [0.25, 0.3) is 0 Å². The Morgan fingerprint density at radius 2 is 2.00 bits per heavy atom. The molecule has 0 saturated heterocycles. The first-order valence-corrected chi connectivity index (χ1v) is 7.03. The number of hydrogen-bond donors (Lipinski definition) is 0. The van der Waals surface area contributed by atoms with E-state index in [0.717, 1.165) is 28.9 Å². The average molecular weight is 269 g/mol. The van der Waals surface area contributed by atoms with Crippen molar-refractivity contribution in [2.45, 2.75) is 40.5 Å². The SMILES string of the molecule is CCc1cc2c(Cl)nc(CC(C)(C)C)nc2s1. The summed E-state index contributed by atoms with van der Waals surface area (Å²) in [5.41, 5.74) is 0.182. The molecule has 0 spiro atoms. The molecule has 0 N–H and O–H groups in total. The van der Waals surface area contributed by atoms with E-state index in [4.69, 9.17) is 11.6 Å². The number of hydrogen-bond acceptors (Lipinski definition) is 3. The maximum Gasteiger partial charge on any atom is 0.141 e. The highest BCUT2D eigenvalue weighted by Gasteiger charge is 2.16. The molecule has 0 aliphatic heterocycles.